The highest BCUT2D eigenvalue weighted by Crippen LogP contribution is 2.22. The van der Waals surface area contributed by atoms with E-state index < -0.39 is 0 Å². The van der Waals surface area contributed by atoms with Gasteiger partial charge >= 0.3 is 0 Å². The lowest BCUT2D eigenvalue weighted by Gasteiger charge is -2.05. The fraction of sp³-hybridized carbons (Fsp3) is 0.200. The van der Waals surface area contributed by atoms with E-state index in [0.29, 0.717) is 13.0 Å². The summed E-state index contributed by atoms with van der Waals surface area (Å²) in [5.74, 6) is 0.187. The average Bonchev–Trinajstić information content (AvgIpc) is 2.19. The van der Waals surface area contributed by atoms with Gasteiger partial charge < -0.3 is 10.8 Å². The molecule has 0 atom stereocenters. The first-order valence-corrected chi connectivity index (χ1v) is 4.93. The lowest BCUT2D eigenvalue weighted by Crippen LogP contribution is -2.05. The van der Waals surface area contributed by atoms with Gasteiger partial charge in [-0.2, -0.15) is 0 Å². The van der Waals surface area contributed by atoms with Crippen LogP contribution < -0.4 is 5.73 Å². The smallest absolute Gasteiger partial charge is 0.223 e. The lowest BCUT2D eigenvalue weighted by atomic mass is 10.1. The molecule has 1 aromatic heterocycles. The molecule has 0 unspecified atom stereocenters. The van der Waals surface area contributed by atoms with Gasteiger partial charge in [0.15, 0.2) is 0 Å². The van der Waals surface area contributed by atoms with Crippen LogP contribution in [0.15, 0.2) is 18.2 Å². The molecule has 1 heterocycles. The highest BCUT2D eigenvalue weighted by atomic mass is 35.5. The Labute approximate surface area is 91.7 Å². The van der Waals surface area contributed by atoms with Gasteiger partial charge in [-0.15, -0.1) is 0 Å². The normalized spacial score (nSPS) is 10.8. The van der Waals surface area contributed by atoms with Gasteiger partial charge in [0, 0.05) is 11.8 Å². The Hall–Kier alpha value is -1.39. The Balaban J connectivity index is 2.70. The predicted molar refractivity (Wildman–Crippen MR) is 59.0 cm³/mol. The molecule has 78 valence electrons. The monoisotopic (exact) mass is 223 g/mol. The fourth-order valence-electron chi connectivity index (χ4n) is 1.48. The number of halogens is 1. The van der Waals surface area contributed by atoms with E-state index >= 15 is 0 Å². The zero-order chi connectivity index (χ0) is 10.8. The summed E-state index contributed by atoms with van der Waals surface area (Å²) in [6.45, 7) is 0.484. The molecule has 0 aliphatic carbocycles. The molecule has 15 heavy (non-hydrogen) atoms. The van der Waals surface area contributed by atoms with E-state index in [1.807, 2.05) is 0 Å². The van der Waals surface area contributed by atoms with Crippen molar-refractivity contribution in [2.24, 2.45) is 5.73 Å². The largest absolute Gasteiger partial charge is 0.508 e. The van der Waals surface area contributed by atoms with Crippen molar-refractivity contribution in [3.05, 3.63) is 29.2 Å². The van der Waals surface area contributed by atoms with Crippen LogP contribution in [0.1, 0.15) is 5.69 Å². The number of aromatic nitrogens is 2. The Morgan fingerprint density at radius 2 is 2.13 bits per heavy atom. The Bertz CT molecular complexity index is 501. The van der Waals surface area contributed by atoms with Crippen LogP contribution in [0.2, 0.25) is 5.28 Å². The maximum Gasteiger partial charge on any atom is 0.223 e. The molecule has 0 fully saturated rings. The predicted octanol–water partition coefficient (Wildman–Crippen LogP) is 1.49. The summed E-state index contributed by atoms with van der Waals surface area (Å²) in [6.07, 6.45) is 0.613. The van der Waals surface area contributed by atoms with Crippen LogP contribution in [0.5, 0.6) is 5.75 Å². The number of benzene rings is 1. The number of phenols is 1. The molecule has 0 radical (unpaired) electrons. The third kappa shape index (κ3) is 2.00. The summed E-state index contributed by atoms with van der Waals surface area (Å²) in [4.78, 5) is 8.16. The minimum Gasteiger partial charge on any atom is -0.508 e. The topological polar surface area (TPSA) is 72.0 Å². The van der Waals surface area contributed by atoms with E-state index in [4.69, 9.17) is 17.3 Å². The molecule has 0 aliphatic rings. The van der Waals surface area contributed by atoms with Crippen LogP contribution in [0.4, 0.5) is 0 Å². The number of nitrogens with two attached hydrogens (primary N) is 1. The van der Waals surface area contributed by atoms with Crippen molar-refractivity contribution in [1.82, 2.24) is 9.97 Å². The molecule has 0 spiro atoms. The number of nitrogens with zero attached hydrogens (tertiary/aromatic N) is 2. The third-order valence-corrected chi connectivity index (χ3v) is 2.28. The highest BCUT2D eigenvalue weighted by molar-refractivity contribution is 6.28. The Morgan fingerprint density at radius 1 is 1.33 bits per heavy atom. The third-order valence-electron chi connectivity index (χ3n) is 2.11. The van der Waals surface area contributed by atoms with Crippen LogP contribution in [-0.2, 0) is 6.42 Å². The molecule has 0 aliphatic heterocycles. The van der Waals surface area contributed by atoms with Crippen molar-refractivity contribution < 1.29 is 5.11 Å². The number of hydrogen-bond acceptors (Lipinski definition) is 4. The van der Waals surface area contributed by atoms with Gasteiger partial charge in [-0.25, -0.2) is 9.97 Å². The summed E-state index contributed by atoms with van der Waals surface area (Å²) in [7, 11) is 0. The van der Waals surface area contributed by atoms with Crippen LogP contribution >= 0.6 is 11.6 Å². The zero-order valence-electron chi connectivity index (χ0n) is 7.94. The first kappa shape index (κ1) is 10.1. The van der Waals surface area contributed by atoms with Crippen molar-refractivity contribution in [2.75, 3.05) is 6.54 Å². The van der Waals surface area contributed by atoms with Gasteiger partial charge in [0.25, 0.3) is 0 Å². The second-order valence-corrected chi connectivity index (χ2v) is 3.52. The molecule has 1 aromatic carbocycles. The van der Waals surface area contributed by atoms with Crippen molar-refractivity contribution in [2.45, 2.75) is 6.42 Å². The maximum absolute atomic E-state index is 9.37. The highest BCUT2D eigenvalue weighted by Gasteiger charge is 2.06. The minimum absolute atomic E-state index is 0.187. The van der Waals surface area contributed by atoms with Gasteiger partial charge in [-0.1, -0.05) is 0 Å². The summed E-state index contributed by atoms with van der Waals surface area (Å²) in [6, 6.07) is 4.90. The molecule has 2 rings (SSSR count). The number of rotatable bonds is 2. The quantitative estimate of drug-likeness (QED) is 0.757. The van der Waals surface area contributed by atoms with Gasteiger partial charge in [0.2, 0.25) is 5.28 Å². The first-order chi connectivity index (χ1) is 7.20. The fourth-order valence-corrected chi connectivity index (χ4v) is 1.67. The summed E-state index contributed by atoms with van der Waals surface area (Å²) < 4.78 is 0. The molecular weight excluding hydrogens is 214 g/mol. The number of aromatic hydroxyl groups is 1. The second-order valence-electron chi connectivity index (χ2n) is 3.18. The first-order valence-electron chi connectivity index (χ1n) is 4.56. The minimum atomic E-state index is 0.187. The van der Waals surface area contributed by atoms with Crippen molar-refractivity contribution >= 4 is 22.5 Å². The van der Waals surface area contributed by atoms with Gasteiger partial charge in [-0.05, 0) is 36.3 Å². The Kier molecular flexibility index (Phi) is 2.70. The number of hydrogen-bond donors (Lipinski definition) is 2. The second kappa shape index (κ2) is 4.00. The number of phenolic OH excluding ortho intramolecular Hbond substituents is 1. The van der Waals surface area contributed by atoms with Crippen molar-refractivity contribution in [3.8, 4) is 5.75 Å². The summed E-state index contributed by atoms with van der Waals surface area (Å²) in [5.41, 5.74) is 6.96. The molecular formula is C10H10ClN3O. The molecule has 2 aromatic rings. The van der Waals surface area contributed by atoms with Crippen LogP contribution in [0.25, 0.3) is 10.9 Å². The molecule has 3 N–H and O–H groups in total. The van der Waals surface area contributed by atoms with Crippen molar-refractivity contribution in [1.29, 1.82) is 0 Å². The summed E-state index contributed by atoms with van der Waals surface area (Å²) >= 11 is 5.77. The van der Waals surface area contributed by atoms with Crippen molar-refractivity contribution in [3.63, 3.8) is 0 Å². The molecule has 0 bridgehead atoms. The van der Waals surface area contributed by atoms with Gasteiger partial charge in [0.05, 0.1) is 11.2 Å². The number of fused-ring (bicyclic) bond motifs is 1. The van der Waals surface area contributed by atoms with Gasteiger partial charge in [0.1, 0.15) is 5.75 Å². The molecule has 0 amide bonds. The van der Waals surface area contributed by atoms with E-state index in [9.17, 15) is 5.11 Å². The van der Waals surface area contributed by atoms with Crippen LogP contribution in [0, 0.1) is 0 Å². The molecule has 0 saturated carbocycles. The molecule has 5 heteroatoms. The van der Waals surface area contributed by atoms with E-state index in [-0.39, 0.29) is 11.0 Å². The van der Waals surface area contributed by atoms with E-state index in [1.165, 1.54) is 0 Å². The van der Waals surface area contributed by atoms with Crippen LogP contribution in [0.3, 0.4) is 0 Å². The molecule has 4 nitrogen and oxygen atoms in total. The SMILES string of the molecule is NCCc1nc(Cl)nc2ccc(O)cc12. The lowest BCUT2D eigenvalue weighted by molar-refractivity contribution is 0.476. The maximum atomic E-state index is 9.37. The van der Waals surface area contributed by atoms with Gasteiger partial charge in [-0.3, -0.25) is 0 Å². The van der Waals surface area contributed by atoms with E-state index in [2.05, 4.69) is 9.97 Å². The average molecular weight is 224 g/mol. The molecule has 0 saturated heterocycles. The van der Waals surface area contributed by atoms with E-state index in [1.54, 1.807) is 18.2 Å². The Morgan fingerprint density at radius 3 is 2.87 bits per heavy atom. The van der Waals surface area contributed by atoms with E-state index in [0.717, 1.165) is 16.6 Å². The van der Waals surface area contributed by atoms with Crippen LogP contribution in [-0.4, -0.2) is 21.6 Å². The standard InChI is InChI=1S/C10H10ClN3O/c11-10-13-8-2-1-6(15)5-7(8)9(14-10)3-4-12/h1-2,5,15H,3-4,12H2. The summed E-state index contributed by atoms with van der Waals surface area (Å²) in [5, 5.41) is 10.4. The zero-order valence-corrected chi connectivity index (χ0v) is 8.70.